The highest BCUT2D eigenvalue weighted by atomic mass is 127. The van der Waals surface area contributed by atoms with Crippen LogP contribution < -0.4 is 14.4 Å². The molecule has 1 aliphatic rings. The zero-order valence-corrected chi connectivity index (χ0v) is 22.4. The fourth-order valence-electron chi connectivity index (χ4n) is 4.06. The summed E-state index contributed by atoms with van der Waals surface area (Å²) in [5.41, 5.74) is 2.41. The van der Waals surface area contributed by atoms with Crippen molar-refractivity contribution in [3.8, 4) is 11.5 Å². The lowest BCUT2D eigenvalue weighted by molar-refractivity contribution is -0.113. The van der Waals surface area contributed by atoms with Gasteiger partial charge in [0.05, 0.1) is 20.8 Å². The van der Waals surface area contributed by atoms with Gasteiger partial charge in [-0.25, -0.2) is 4.90 Å². The van der Waals surface area contributed by atoms with E-state index in [1.807, 2.05) is 43.3 Å². The standard InChI is InChI=1S/C29H22INO4S/c1-2-34-25-16-19(17-26-28(32)31(29(33)36-26)22-12-4-3-5-13-22)15-24(30)27(25)35-18-21-11-8-10-20-9-6-7-14-23(20)21/h3-17H,2,18H2,1H3/b26-17-. The Morgan fingerprint density at radius 1 is 0.917 bits per heavy atom. The van der Waals surface area contributed by atoms with E-state index in [0.717, 1.165) is 37.2 Å². The van der Waals surface area contributed by atoms with Gasteiger partial charge in [-0.15, -0.1) is 0 Å². The minimum atomic E-state index is -0.333. The van der Waals surface area contributed by atoms with E-state index in [1.165, 1.54) is 4.90 Å². The van der Waals surface area contributed by atoms with Crippen molar-refractivity contribution in [2.75, 3.05) is 11.5 Å². The number of anilines is 1. The Morgan fingerprint density at radius 3 is 2.47 bits per heavy atom. The molecule has 2 amide bonds. The maximum absolute atomic E-state index is 13.0. The molecule has 180 valence electrons. The van der Waals surface area contributed by atoms with Crippen molar-refractivity contribution in [1.82, 2.24) is 0 Å². The summed E-state index contributed by atoms with van der Waals surface area (Å²) in [4.78, 5) is 27.1. The Kier molecular flexibility index (Phi) is 7.29. The lowest BCUT2D eigenvalue weighted by atomic mass is 10.1. The average Bonchev–Trinajstić information content (AvgIpc) is 3.16. The van der Waals surface area contributed by atoms with Crippen LogP contribution in [-0.4, -0.2) is 17.8 Å². The molecule has 0 saturated carbocycles. The minimum Gasteiger partial charge on any atom is -0.490 e. The van der Waals surface area contributed by atoms with E-state index in [0.29, 0.717) is 35.3 Å². The molecule has 0 N–H and O–H groups in total. The first-order valence-electron chi connectivity index (χ1n) is 11.4. The summed E-state index contributed by atoms with van der Waals surface area (Å²) in [6.45, 7) is 2.78. The second-order valence-corrected chi connectivity index (χ2v) is 10.2. The maximum Gasteiger partial charge on any atom is 0.298 e. The number of thioether (sulfide) groups is 1. The molecule has 1 aliphatic heterocycles. The third kappa shape index (κ3) is 4.99. The van der Waals surface area contributed by atoms with Gasteiger partial charge in [-0.3, -0.25) is 9.59 Å². The van der Waals surface area contributed by atoms with Crippen molar-refractivity contribution in [2.24, 2.45) is 0 Å². The van der Waals surface area contributed by atoms with Gasteiger partial charge in [-0.1, -0.05) is 60.7 Å². The Bertz CT molecular complexity index is 1480. The van der Waals surface area contributed by atoms with Gasteiger partial charge in [0.15, 0.2) is 11.5 Å². The number of imide groups is 1. The molecule has 4 aromatic rings. The van der Waals surface area contributed by atoms with Crippen LogP contribution in [0.15, 0.2) is 89.8 Å². The molecular weight excluding hydrogens is 585 g/mol. The largest absolute Gasteiger partial charge is 0.490 e. The number of ether oxygens (including phenoxy) is 2. The van der Waals surface area contributed by atoms with E-state index in [1.54, 1.807) is 30.3 Å². The van der Waals surface area contributed by atoms with Gasteiger partial charge in [0.25, 0.3) is 11.1 Å². The molecule has 4 aromatic carbocycles. The van der Waals surface area contributed by atoms with Crippen molar-refractivity contribution in [2.45, 2.75) is 13.5 Å². The fourth-order valence-corrected chi connectivity index (χ4v) is 5.68. The molecule has 0 aliphatic carbocycles. The van der Waals surface area contributed by atoms with Gasteiger partial charge >= 0.3 is 0 Å². The van der Waals surface area contributed by atoms with Gasteiger partial charge in [0, 0.05) is 0 Å². The van der Waals surface area contributed by atoms with E-state index in [9.17, 15) is 9.59 Å². The number of carbonyl (C=O) groups excluding carboxylic acids is 2. The summed E-state index contributed by atoms with van der Waals surface area (Å²) in [6.07, 6.45) is 1.73. The van der Waals surface area contributed by atoms with Crippen molar-refractivity contribution in [3.63, 3.8) is 0 Å². The van der Waals surface area contributed by atoms with Crippen LogP contribution in [0.1, 0.15) is 18.1 Å². The molecule has 36 heavy (non-hydrogen) atoms. The van der Waals surface area contributed by atoms with Crippen LogP contribution >= 0.6 is 34.4 Å². The number of fused-ring (bicyclic) bond motifs is 1. The predicted molar refractivity (Wildman–Crippen MR) is 153 cm³/mol. The molecular formula is C29H22INO4S. The highest BCUT2D eigenvalue weighted by Crippen LogP contribution is 2.39. The molecule has 0 bridgehead atoms. The number of hydrogen-bond donors (Lipinski definition) is 0. The molecule has 0 unspecified atom stereocenters. The van der Waals surface area contributed by atoms with Gasteiger partial charge in [0.2, 0.25) is 0 Å². The first-order chi connectivity index (χ1) is 17.5. The zero-order valence-electron chi connectivity index (χ0n) is 19.4. The molecule has 5 nitrogen and oxygen atoms in total. The molecule has 0 aromatic heterocycles. The van der Waals surface area contributed by atoms with Crippen LogP contribution in [0.3, 0.4) is 0 Å². The van der Waals surface area contributed by atoms with Crippen LogP contribution in [0.2, 0.25) is 0 Å². The number of nitrogens with zero attached hydrogens (tertiary/aromatic N) is 1. The van der Waals surface area contributed by atoms with Crippen LogP contribution in [0.25, 0.3) is 16.8 Å². The van der Waals surface area contributed by atoms with Crippen LogP contribution in [0.4, 0.5) is 10.5 Å². The minimum absolute atomic E-state index is 0.313. The number of hydrogen-bond acceptors (Lipinski definition) is 5. The second kappa shape index (κ2) is 10.8. The van der Waals surface area contributed by atoms with Crippen LogP contribution in [0.5, 0.6) is 11.5 Å². The summed E-state index contributed by atoms with van der Waals surface area (Å²) < 4.78 is 13.0. The van der Waals surface area contributed by atoms with E-state index >= 15 is 0 Å². The number of amides is 2. The van der Waals surface area contributed by atoms with Gasteiger partial charge in [-0.05, 0) is 93.5 Å². The highest BCUT2D eigenvalue weighted by molar-refractivity contribution is 14.1. The topological polar surface area (TPSA) is 55.8 Å². The molecule has 7 heteroatoms. The third-order valence-corrected chi connectivity index (χ3v) is 7.36. The van der Waals surface area contributed by atoms with E-state index < -0.39 is 0 Å². The molecule has 0 spiro atoms. The van der Waals surface area contributed by atoms with E-state index in [4.69, 9.17) is 9.47 Å². The number of halogens is 1. The maximum atomic E-state index is 13.0. The normalized spacial score (nSPS) is 14.6. The van der Waals surface area contributed by atoms with E-state index in [-0.39, 0.29) is 11.1 Å². The van der Waals surface area contributed by atoms with E-state index in [2.05, 4.69) is 46.9 Å². The molecule has 1 saturated heterocycles. The summed E-state index contributed by atoms with van der Waals surface area (Å²) in [7, 11) is 0. The number of carbonyl (C=O) groups is 2. The van der Waals surface area contributed by atoms with Crippen LogP contribution in [0, 0.1) is 3.57 Å². The molecule has 5 rings (SSSR count). The fraction of sp³-hybridized carbons (Fsp3) is 0.103. The Hall–Kier alpha value is -3.30. The first-order valence-corrected chi connectivity index (χ1v) is 13.3. The Balaban J connectivity index is 1.42. The smallest absolute Gasteiger partial charge is 0.298 e. The average molecular weight is 607 g/mol. The van der Waals surface area contributed by atoms with Crippen molar-refractivity contribution in [1.29, 1.82) is 0 Å². The quantitative estimate of drug-likeness (QED) is 0.160. The first kappa shape index (κ1) is 24.4. The second-order valence-electron chi connectivity index (χ2n) is 8.04. The number of para-hydroxylation sites is 1. The molecule has 1 heterocycles. The van der Waals surface area contributed by atoms with Crippen molar-refractivity contribution in [3.05, 3.63) is 105 Å². The van der Waals surface area contributed by atoms with Crippen LogP contribution in [-0.2, 0) is 11.4 Å². The predicted octanol–water partition coefficient (Wildman–Crippen LogP) is 7.66. The zero-order chi connectivity index (χ0) is 25.1. The SMILES string of the molecule is CCOc1cc(/C=C2\SC(=O)N(c3ccccc3)C2=O)cc(I)c1OCc1cccc2ccccc12. The summed E-state index contributed by atoms with van der Waals surface area (Å²) in [6, 6.07) is 27.1. The molecule has 1 fully saturated rings. The lowest BCUT2D eigenvalue weighted by Crippen LogP contribution is -2.27. The van der Waals surface area contributed by atoms with Gasteiger partial charge in [0.1, 0.15) is 6.61 Å². The summed E-state index contributed by atoms with van der Waals surface area (Å²) in [5, 5.41) is 2.00. The highest BCUT2D eigenvalue weighted by Gasteiger charge is 2.36. The Morgan fingerprint density at radius 2 is 1.67 bits per heavy atom. The Labute approximate surface area is 227 Å². The molecule has 0 radical (unpaired) electrons. The summed E-state index contributed by atoms with van der Waals surface area (Å²) in [5.74, 6) is 0.915. The summed E-state index contributed by atoms with van der Waals surface area (Å²) >= 11 is 3.15. The monoisotopic (exact) mass is 607 g/mol. The van der Waals surface area contributed by atoms with Crippen molar-refractivity contribution < 1.29 is 19.1 Å². The number of benzene rings is 4. The van der Waals surface area contributed by atoms with Gasteiger partial charge < -0.3 is 9.47 Å². The number of rotatable bonds is 7. The van der Waals surface area contributed by atoms with Gasteiger partial charge in [-0.2, -0.15) is 0 Å². The van der Waals surface area contributed by atoms with Crippen molar-refractivity contribution >= 4 is 68.0 Å². The third-order valence-electron chi connectivity index (χ3n) is 5.69. The lowest BCUT2D eigenvalue weighted by Gasteiger charge is -2.16. The molecule has 0 atom stereocenters.